The zero-order valence-electron chi connectivity index (χ0n) is 15.3. The van der Waals surface area contributed by atoms with E-state index in [0.717, 1.165) is 10.7 Å². The maximum Gasteiger partial charge on any atom is 0.418 e. The van der Waals surface area contributed by atoms with E-state index >= 15 is 0 Å². The third-order valence-electron chi connectivity index (χ3n) is 4.13. The molecule has 3 aromatic heterocycles. The molecule has 156 valence electrons. The quantitative estimate of drug-likeness (QED) is 0.395. The van der Waals surface area contributed by atoms with E-state index in [-0.39, 0.29) is 22.3 Å². The van der Waals surface area contributed by atoms with Gasteiger partial charge in [0.15, 0.2) is 22.6 Å². The standard InChI is InChI=1S/C17H13ClF3N7OS/c1-2-27-15(13-4-3-7-29-13)23-24-16(27)30-9-14-22-25-26-28(14)12-6-5-10(18)8-11(12)17(19,20)21/h3-8H,2,9H2,1H3. The Labute approximate surface area is 177 Å². The Morgan fingerprint density at radius 2 is 2.00 bits per heavy atom. The molecule has 0 aliphatic carbocycles. The first kappa shape index (κ1) is 20.4. The largest absolute Gasteiger partial charge is 0.461 e. The summed E-state index contributed by atoms with van der Waals surface area (Å²) in [6.45, 7) is 2.50. The van der Waals surface area contributed by atoms with Gasteiger partial charge in [-0.2, -0.15) is 17.9 Å². The third-order valence-corrected chi connectivity index (χ3v) is 5.33. The first-order chi connectivity index (χ1) is 14.4. The molecule has 0 unspecified atom stereocenters. The number of hydrogen-bond acceptors (Lipinski definition) is 7. The Kier molecular flexibility index (Phi) is 5.52. The van der Waals surface area contributed by atoms with E-state index in [9.17, 15) is 13.2 Å². The van der Waals surface area contributed by atoms with E-state index < -0.39 is 11.7 Å². The highest BCUT2D eigenvalue weighted by Gasteiger charge is 2.35. The van der Waals surface area contributed by atoms with Crippen molar-refractivity contribution in [2.24, 2.45) is 0 Å². The number of benzene rings is 1. The predicted molar refractivity (Wildman–Crippen MR) is 102 cm³/mol. The smallest absolute Gasteiger partial charge is 0.418 e. The second kappa shape index (κ2) is 8.11. The van der Waals surface area contributed by atoms with Crippen molar-refractivity contribution in [3.63, 3.8) is 0 Å². The van der Waals surface area contributed by atoms with Crippen molar-refractivity contribution < 1.29 is 17.6 Å². The molecule has 0 atom stereocenters. The molecule has 0 saturated carbocycles. The van der Waals surface area contributed by atoms with Gasteiger partial charge in [-0.3, -0.25) is 4.57 Å². The molecular formula is C17H13ClF3N7OS. The molecule has 0 radical (unpaired) electrons. The van der Waals surface area contributed by atoms with Crippen LogP contribution < -0.4 is 0 Å². The van der Waals surface area contributed by atoms with Gasteiger partial charge in [0, 0.05) is 11.6 Å². The number of nitrogens with zero attached hydrogens (tertiary/aromatic N) is 7. The summed E-state index contributed by atoms with van der Waals surface area (Å²) in [5.74, 6) is 1.51. The highest BCUT2D eigenvalue weighted by atomic mass is 35.5. The lowest BCUT2D eigenvalue weighted by Gasteiger charge is -2.13. The van der Waals surface area contributed by atoms with E-state index in [2.05, 4.69) is 25.7 Å². The molecule has 0 spiro atoms. The number of tetrazole rings is 1. The van der Waals surface area contributed by atoms with Gasteiger partial charge in [0.2, 0.25) is 0 Å². The molecule has 3 heterocycles. The van der Waals surface area contributed by atoms with Crippen LogP contribution >= 0.6 is 23.4 Å². The second-order valence-corrected chi connectivity index (χ2v) is 7.36. The molecule has 0 amide bonds. The summed E-state index contributed by atoms with van der Waals surface area (Å²) in [4.78, 5) is 0. The fourth-order valence-corrected chi connectivity index (χ4v) is 3.88. The molecule has 0 N–H and O–H groups in total. The van der Waals surface area contributed by atoms with E-state index in [1.54, 1.807) is 12.1 Å². The summed E-state index contributed by atoms with van der Waals surface area (Å²) in [5.41, 5.74) is -1.13. The lowest BCUT2D eigenvalue weighted by molar-refractivity contribution is -0.137. The Balaban J connectivity index is 1.63. The predicted octanol–water partition coefficient (Wildman–Crippen LogP) is 4.50. The van der Waals surface area contributed by atoms with Crippen molar-refractivity contribution >= 4 is 23.4 Å². The van der Waals surface area contributed by atoms with Gasteiger partial charge in [-0.1, -0.05) is 23.4 Å². The minimum Gasteiger partial charge on any atom is -0.461 e. The molecule has 0 aliphatic heterocycles. The van der Waals surface area contributed by atoms with Gasteiger partial charge in [-0.15, -0.1) is 15.3 Å². The van der Waals surface area contributed by atoms with Crippen molar-refractivity contribution in [2.45, 2.75) is 30.6 Å². The van der Waals surface area contributed by atoms with E-state index in [0.29, 0.717) is 23.3 Å². The topological polar surface area (TPSA) is 87.5 Å². The molecule has 13 heteroatoms. The average molecular weight is 456 g/mol. The summed E-state index contributed by atoms with van der Waals surface area (Å²) in [7, 11) is 0. The molecule has 4 rings (SSSR count). The zero-order valence-corrected chi connectivity index (χ0v) is 16.9. The molecular weight excluding hydrogens is 443 g/mol. The summed E-state index contributed by atoms with van der Waals surface area (Å²) in [6, 6.07) is 6.95. The minimum absolute atomic E-state index is 0.0309. The number of furan rings is 1. The van der Waals surface area contributed by atoms with Gasteiger partial charge in [0.1, 0.15) is 0 Å². The number of thioether (sulfide) groups is 1. The van der Waals surface area contributed by atoms with E-state index in [1.165, 1.54) is 30.2 Å². The first-order valence-corrected chi connectivity index (χ1v) is 9.99. The molecule has 30 heavy (non-hydrogen) atoms. The summed E-state index contributed by atoms with van der Waals surface area (Å²) < 4.78 is 48.6. The molecule has 0 saturated heterocycles. The van der Waals surface area contributed by atoms with E-state index in [4.69, 9.17) is 16.0 Å². The van der Waals surface area contributed by atoms with Crippen LogP contribution in [0.2, 0.25) is 5.02 Å². The summed E-state index contributed by atoms with van der Waals surface area (Å²) in [6.07, 6.45) is -3.08. The minimum atomic E-state index is -4.61. The number of hydrogen-bond donors (Lipinski definition) is 0. The van der Waals surface area contributed by atoms with Gasteiger partial charge >= 0.3 is 6.18 Å². The van der Waals surface area contributed by atoms with Crippen LogP contribution in [0.5, 0.6) is 0 Å². The van der Waals surface area contributed by atoms with Crippen molar-refractivity contribution in [1.29, 1.82) is 0 Å². The Morgan fingerprint density at radius 3 is 2.70 bits per heavy atom. The van der Waals surface area contributed by atoms with Crippen molar-refractivity contribution in [2.75, 3.05) is 0 Å². The first-order valence-electron chi connectivity index (χ1n) is 8.62. The zero-order chi connectivity index (χ0) is 21.3. The van der Waals surface area contributed by atoms with Crippen LogP contribution in [0.3, 0.4) is 0 Å². The van der Waals surface area contributed by atoms with Crippen molar-refractivity contribution in [1.82, 2.24) is 35.0 Å². The van der Waals surface area contributed by atoms with Crippen LogP contribution in [0.15, 0.2) is 46.2 Å². The third kappa shape index (κ3) is 3.92. The number of aromatic nitrogens is 7. The highest BCUT2D eigenvalue weighted by Crippen LogP contribution is 2.36. The van der Waals surface area contributed by atoms with Crippen LogP contribution in [0.1, 0.15) is 18.3 Å². The highest BCUT2D eigenvalue weighted by molar-refractivity contribution is 7.98. The molecule has 8 nitrogen and oxygen atoms in total. The molecule has 4 aromatic rings. The SMILES string of the molecule is CCn1c(SCc2nnnn2-c2ccc(Cl)cc2C(F)(F)F)nnc1-c1ccco1. The van der Waals surface area contributed by atoms with Crippen LogP contribution in [0.4, 0.5) is 13.2 Å². The summed E-state index contributed by atoms with van der Waals surface area (Å²) >= 11 is 7.00. The fourth-order valence-electron chi connectivity index (χ4n) is 2.80. The van der Waals surface area contributed by atoms with Gasteiger partial charge in [0.25, 0.3) is 0 Å². The number of rotatable bonds is 6. The fraction of sp³-hybridized carbons (Fsp3) is 0.235. The lowest BCUT2D eigenvalue weighted by Crippen LogP contribution is -2.13. The van der Waals surface area contributed by atoms with E-state index in [1.807, 2.05) is 11.5 Å². The van der Waals surface area contributed by atoms with Gasteiger partial charge < -0.3 is 4.42 Å². The molecule has 0 fully saturated rings. The van der Waals surface area contributed by atoms with Crippen LogP contribution in [-0.2, 0) is 18.5 Å². The summed E-state index contributed by atoms with van der Waals surface area (Å²) in [5, 5.41) is 20.0. The maximum atomic E-state index is 13.5. The van der Waals surface area contributed by atoms with Gasteiger partial charge in [-0.05, 0) is 47.7 Å². The Hall–Kier alpha value is -2.86. The second-order valence-electron chi connectivity index (χ2n) is 5.98. The van der Waals surface area contributed by atoms with Crippen LogP contribution in [0.25, 0.3) is 17.3 Å². The molecule has 1 aromatic carbocycles. The van der Waals surface area contributed by atoms with Crippen LogP contribution in [0, 0.1) is 0 Å². The maximum absolute atomic E-state index is 13.5. The normalized spacial score (nSPS) is 11.9. The van der Waals surface area contributed by atoms with Crippen LogP contribution in [-0.4, -0.2) is 35.0 Å². The van der Waals surface area contributed by atoms with Crippen molar-refractivity contribution in [3.05, 3.63) is 53.0 Å². The number of alkyl halides is 3. The Morgan fingerprint density at radius 1 is 1.17 bits per heavy atom. The molecule has 0 bridgehead atoms. The monoisotopic (exact) mass is 455 g/mol. The average Bonchev–Trinajstić information content (AvgIpc) is 3.45. The van der Waals surface area contributed by atoms with Crippen molar-refractivity contribution in [3.8, 4) is 17.3 Å². The number of halogens is 4. The van der Waals surface area contributed by atoms with Gasteiger partial charge in [0.05, 0.1) is 23.3 Å². The van der Waals surface area contributed by atoms with Gasteiger partial charge in [-0.25, -0.2) is 0 Å². The lowest BCUT2D eigenvalue weighted by atomic mass is 10.1. The molecule has 0 aliphatic rings. The Bertz CT molecular complexity index is 1160.